The van der Waals surface area contributed by atoms with E-state index < -0.39 is 12.5 Å². The summed E-state index contributed by atoms with van der Waals surface area (Å²) in [5.74, 6) is 1.24. The summed E-state index contributed by atoms with van der Waals surface area (Å²) in [5.41, 5.74) is 2.24. The van der Waals surface area contributed by atoms with Crippen molar-refractivity contribution < 1.29 is 14.7 Å². The lowest BCUT2D eigenvalue weighted by Gasteiger charge is -2.08. The minimum Gasteiger partial charge on any atom is -0.387 e. The van der Waals surface area contributed by atoms with E-state index in [0.717, 1.165) is 20.8 Å². The fourth-order valence-electron chi connectivity index (χ4n) is 3.08. The van der Waals surface area contributed by atoms with E-state index in [2.05, 4.69) is 33.5 Å². The number of hydrogen-bond donors (Lipinski definition) is 2. The van der Waals surface area contributed by atoms with E-state index in [9.17, 15) is 9.59 Å². The Kier molecular flexibility index (Phi) is 5.94. The standard InChI is InChI=1S/C21H21N3O3S2/c1-12-23-17-6-4-14(13-2-3-13)8-16(17)21(24-12)28-11-18(26)19-7-5-15(29-19)9-22-20(27)10-25/h4-8,13,25H,2-3,9-11H2,1H3,(H,22,27). The van der Waals surface area contributed by atoms with Gasteiger partial charge in [0.15, 0.2) is 5.78 Å². The molecule has 2 heterocycles. The van der Waals surface area contributed by atoms with Gasteiger partial charge in [-0.1, -0.05) is 17.8 Å². The monoisotopic (exact) mass is 427 g/mol. The summed E-state index contributed by atoms with van der Waals surface area (Å²) in [7, 11) is 0. The first-order valence-corrected chi connectivity index (χ1v) is 11.2. The third-order valence-electron chi connectivity index (χ3n) is 4.73. The Morgan fingerprint density at radius 3 is 2.83 bits per heavy atom. The second-order valence-corrected chi connectivity index (χ2v) is 9.17. The first kappa shape index (κ1) is 20.0. The second-order valence-electron chi connectivity index (χ2n) is 7.04. The van der Waals surface area contributed by atoms with Gasteiger partial charge in [0, 0.05) is 10.3 Å². The number of thioether (sulfide) groups is 1. The molecule has 0 spiro atoms. The molecule has 1 aliphatic rings. The van der Waals surface area contributed by atoms with Gasteiger partial charge >= 0.3 is 0 Å². The molecule has 1 fully saturated rings. The molecule has 4 rings (SSSR count). The van der Waals surface area contributed by atoms with Gasteiger partial charge in [0.25, 0.3) is 0 Å². The van der Waals surface area contributed by atoms with Crippen molar-refractivity contribution in [2.75, 3.05) is 12.4 Å². The molecule has 0 saturated heterocycles. The maximum Gasteiger partial charge on any atom is 0.246 e. The molecule has 1 saturated carbocycles. The fourth-order valence-corrected chi connectivity index (χ4v) is 4.99. The summed E-state index contributed by atoms with van der Waals surface area (Å²) in [5, 5.41) is 13.2. The van der Waals surface area contributed by atoms with Crippen LogP contribution in [0.2, 0.25) is 0 Å². The van der Waals surface area contributed by atoms with Crippen molar-refractivity contribution in [2.45, 2.75) is 37.3 Å². The predicted octanol–water partition coefficient (Wildman–Crippen LogP) is 3.46. The van der Waals surface area contributed by atoms with Crippen LogP contribution in [-0.4, -0.2) is 39.1 Å². The minimum atomic E-state index is -0.539. The molecule has 0 atom stereocenters. The highest BCUT2D eigenvalue weighted by molar-refractivity contribution is 8.00. The number of rotatable bonds is 8. The average molecular weight is 428 g/mol. The number of thiophene rings is 1. The van der Waals surface area contributed by atoms with Gasteiger partial charge in [-0.25, -0.2) is 9.97 Å². The molecule has 0 radical (unpaired) electrons. The number of nitrogens with one attached hydrogen (secondary N) is 1. The fraction of sp³-hybridized carbons (Fsp3) is 0.333. The van der Waals surface area contributed by atoms with Crippen LogP contribution in [0.3, 0.4) is 0 Å². The molecule has 1 amide bonds. The van der Waals surface area contributed by atoms with Crippen LogP contribution in [0.15, 0.2) is 35.4 Å². The molecule has 0 unspecified atom stereocenters. The summed E-state index contributed by atoms with van der Waals surface area (Å²) in [6.45, 7) is 1.64. The second kappa shape index (κ2) is 8.61. The third-order valence-corrected chi connectivity index (χ3v) is 6.84. The third kappa shape index (κ3) is 4.83. The van der Waals surface area contributed by atoms with Crippen LogP contribution in [0, 0.1) is 6.92 Å². The predicted molar refractivity (Wildman–Crippen MR) is 115 cm³/mol. The lowest BCUT2D eigenvalue weighted by Crippen LogP contribution is -2.25. The Labute approximate surface area is 176 Å². The van der Waals surface area contributed by atoms with Crippen molar-refractivity contribution in [3.05, 3.63) is 51.5 Å². The average Bonchev–Trinajstić information content (AvgIpc) is 3.47. The maximum absolute atomic E-state index is 12.7. The molecule has 1 aromatic carbocycles. The van der Waals surface area contributed by atoms with Crippen molar-refractivity contribution in [1.29, 1.82) is 0 Å². The van der Waals surface area contributed by atoms with Crippen molar-refractivity contribution in [1.82, 2.24) is 15.3 Å². The number of amides is 1. The van der Waals surface area contributed by atoms with Crippen LogP contribution >= 0.6 is 23.1 Å². The Morgan fingerprint density at radius 1 is 1.24 bits per heavy atom. The Bertz CT molecular complexity index is 1080. The quantitative estimate of drug-likeness (QED) is 0.325. The highest BCUT2D eigenvalue weighted by Gasteiger charge is 2.24. The van der Waals surface area contributed by atoms with Gasteiger partial charge < -0.3 is 10.4 Å². The lowest BCUT2D eigenvalue weighted by atomic mass is 10.1. The molecule has 1 aliphatic carbocycles. The lowest BCUT2D eigenvalue weighted by molar-refractivity contribution is -0.123. The summed E-state index contributed by atoms with van der Waals surface area (Å²) >= 11 is 2.80. The summed E-state index contributed by atoms with van der Waals surface area (Å²) < 4.78 is 0. The zero-order chi connectivity index (χ0) is 20.4. The van der Waals surface area contributed by atoms with E-state index in [1.54, 1.807) is 6.07 Å². The van der Waals surface area contributed by atoms with Crippen LogP contribution in [0.1, 0.15) is 44.7 Å². The summed E-state index contributed by atoms with van der Waals surface area (Å²) in [6, 6.07) is 9.98. The first-order chi connectivity index (χ1) is 14.0. The topological polar surface area (TPSA) is 92.2 Å². The van der Waals surface area contributed by atoms with Crippen molar-refractivity contribution in [2.24, 2.45) is 0 Å². The number of benzene rings is 1. The SMILES string of the molecule is Cc1nc(SCC(=O)c2ccc(CNC(=O)CO)s2)c2cc(C3CC3)ccc2n1. The Hall–Kier alpha value is -2.29. The molecular formula is C21H21N3O3S2. The smallest absolute Gasteiger partial charge is 0.246 e. The van der Waals surface area contributed by atoms with Crippen LogP contribution in [-0.2, 0) is 11.3 Å². The van der Waals surface area contributed by atoms with Gasteiger partial charge in [0.05, 0.1) is 22.7 Å². The number of hydrogen-bond acceptors (Lipinski definition) is 7. The number of nitrogens with zero attached hydrogens (tertiary/aromatic N) is 2. The number of ketones is 1. The van der Waals surface area contributed by atoms with E-state index in [-0.39, 0.29) is 5.78 Å². The van der Waals surface area contributed by atoms with Gasteiger partial charge in [-0.3, -0.25) is 9.59 Å². The van der Waals surface area contributed by atoms with Gasteiger partial charge in [-0.2, -0.15) is 0 Å². The first-order valence-electron chi connectivity index (χ1n) is 9.44. The molecule has 2 N–H and O–H groups in total. The number of aliphatic hydroxyl groups is 1. The maximum atomic E-state index is 12.7. The number of aliphatic hydroxyl groups excluding tert-OH is 1. The van der Waals surface area contributed by atoms with Gasteiger partial charge in [-0.05, 0) is 55.5 Å². The molecule has 0 aliphatic heterocycles. The Balaban J connectivity index is 1.46. The van der Waals surface area contributed by atoms with Gasteiger partial charge in [0.2, 0.25) is 5.91 Å². The number of aryl methyl sites for hydroxylation is 1. The van der Waals surface area contributed by atoms with Crippen molar-refractivity contribution in [3.63, 3.8) is 0 Å². The van der Waals surface area contributed by atoms with Crippen LogP contribution in [0.5, 0.6) is 0 Å². The number of Topliss-reactive ketones (excluding diaryl/α,β-unsaturated/α-hetero) is 1. The van der Waals surface area contributed by atoms with Gasteiger partial charge in [-0.15, -0.1) is 11.3 Å². The number of carbonyl (C=O) groups is 2. The highest BCUT2D eigenvalue weighted by Crippen LogP contribution is 2.41. The molecule has 2 aromatic heterocycles. The largest absolute Gasteiger partial charge is 0.387 e. The van der Waals surface area contributed by atoms with E-state index in [0.29, 0.717) is 28.9 Å². The minimum absolute atomic E-state index is 0.0301. The zero-order valence-electron chi connectivity index (χ0n) is 16.0. The molecule has 29 heavy (non-hydrogen) atoms. The number of aromatic nitrogens is 2. The van der Waals surface area contributed by atoms with Crippen LogP contribution < -0.4 is 5.32 Å². The van der Waals surface area contributed by atoms with E-state index in [1.807, 2.05) is 13.0 Å². The summed E-state index contributed by atoms with van der Waals surface area (Å²) in [4.78, 5) is 34.4. The molecule has 150 valence electrons. The molecular weight excluding hydrogens is 406 g/mol. The molecule has 8 heteroatoms. The van der Waals surface area contributed by atoms with Crippen molar-refractivity contribution in [3.8, 4) is 0 Å². The van der Waals surface area contributed by atoms with E-state index in [1.165, 1.54) is 41.5 Å². The van der Waals surface area contributed by atoms with Crippen molar-refractivity contribution >= 4 is 45.7 Å². The normalized spacial score (nSPS) is 13.6. The van der Waals surface area contributed by atoms with Gasteiger partial charge in [0.1, 0.15) is 17.5 Å². The number of fused-ring (bicyclic) bond motifs is 1. The number of carbonyl (C=O) groups excluding carboxylic acids is 2. The highest BCUT2D eigenvalue weighted by atomic mass is 32.2. The van der Waals surface area contributed by atoms with Crippen LogP contribution in [0.25, 0.3) is 10.9 Å². The molecule has 0 bridgehead atoms. The van der Waals surface area contributed by atoms with E-state index >= 15 is 0 Å². The van der Waals surface area contributed by atoms with E-state index in [4.69, 9.17) is 5.11 Å². The summed E-state index contributed by atoms with van der Waals surface area (Å²) in [6.07, 6.45) is 2.47. The molecule has 6 nitrogen and oxygen atoms in total. The Morgan fingerprint density at radius 2 is 2.07 bits per heavy atom. The zero-order valence-corrected chi connectivity index (χ0v) is 17.6. The molecule has 3 aromatic rings. The van der Waals surface area contributed by atoms with Crippen LogP contribution in [0.4, 0.5) is 0 Å².